The summed E-state index contributed by atoms with van der Waals surface area (Å²) >= 11 is 1.14. The van der Waals surface area contributed by atoms with Crippen LogP contribution in [-0.2, 0) is 9.59 Å². The zero-order valence-corrected chi connectivity index (χ0v) is 12.3. The summed E-state index contributed by atoms with van der Waals surface area (Å²) in [4.78, 5) is 36.2. The molecular weight excluding hydrogens is 290 g/mol. The molecule has 0 spiro atoms. The lowest BCUT2D eigenvalue weighted by molar-refractivity contribution is -0.128. The number of carbonyl (C=O) groups excluding carboxylic acids is 3. The second-order valence-corrected chi connectivity index (χ2v) is 5.69. The predicted molar refractivity (Wildman–Crippen MR) is 82.9 cm³/mol. The monoisotopic (exact) mass is 307 g/mol. The number of nitrogen functional groups attached to an aromatic ring is 1. The van der Waals surface area contributed by atoms with Crippen LogP contribution in [0.15, 0.2) is 24.3 Å². The van der Waals surface area contributed by atoms with Crippen molar-refractivity contribution in [3.63, 3.8) is 0 Å². The van der Waals surface area contributed by atoms with Crippen LogP contribution in [0.1, 0.15) is 19.3 Å². The number of nitrogens with one attached hydrogen (secondary N) is 1. The van der Waals surface area contributed by atoms with Gasteiger partial charge in [0.1, 0.15) is 0 Å². The molecule has 1 aliphatic rings. The Bertz CT molecular complexity index is 546. The molecule has 112 valence electrons. The summed E-state index contributed by atoms with van der Waals surface area (Å²) in [6, 6.07) is 7.00. The van der Waals surface area contributed by atoms with Crippen LogP contribution in [0.5, 0.6) is 0 Å². The van der Waals surface area contributed by atoms with E-state index in [0.29, 0.717) is 30.0 Å². The topological polar surface area (TPSA) is 92.5 Å². The largest absolute Gasteiger partial charge is 0.397 e. The van der Waals surface area contributed by atoms with Crippen molar-refractivity contribution in [1.29, 1.82) is 0 Å². The third-order valence-corrected chi connectivity index (χ3v) is 3.96. The average Bonchev–Trinajstić information content (AvgIpc) is 2.45. The normalized spacial score (nSPS) is 15.1. The van der Waals surface area contributed by atoms with Gasteiger partial charge in [-0.3, -0.25) is 19.3 Å². The zero-order chi connectivity index (χ0) is 15.2. The standard InChI is InChI=1S/C14H17N3O3S/c15-10-4-1-2-5-11(10)16-12(18)6-3-8-17-13(19)7-9-21-14(17)20/h1-2,4-5H,3,6-9,15H2,(H,16,18). The Kier molecular flexibility index (Phi) is 5.21. The first-order valence-corrected chi connectivity index (χ1v) is 7.68. The molecule has 0 saturated carbocycles. The van der Waals surface area contributed by atoms with Crippen LogP contribution in [0.3, 0.4) is 0 Å². The van der Waals surface area contributed by atoms with Crippen molar-refractivity contribution in [3.05, 3.63) is 24.3 Å². The van der Waals surface area contributed by atoms with Crippen molar-refractivity contribution in [2.24, 2.45) is 0 Å². The minimum absolute atomic E-state index is 0.161. The van der Waals surface area contributed by atoms with E-state index in [1.807, 2.05) is 0 Å². The van der Waals surface area contributed by atoms with Crippen molar-refractivity contribution >= 4 is 40.2 Å². The predicted octanol–water partition coefficient (Wildman–Crippen LogP) is 2.07. The summed E-state index contributed by atoms with van der Waals surface area (Å²) in [5, 5.41) is 2.49. The summed E-state index contributed by atoms with van der Waals surface area (Å²) in [7, 11) is 0. The molecule has 1 fully saturated rings. The molecule has 3 N–H and O–H groups in total. The van der Waals surface area contributed by atoms with Crippen LogP contribution in [0.4, 0.5) is 16.2 Å². The molecule has 1 saturated heterocycles. The molecule has 7 heteroatoms. The first-order chi connectivity index (χ1) is 10.1. The van der Waals surface area contributed by atoms with Crippen molar-refractivity contribution < 1.29 is 14.4 Å². The van der Waals surface area contributed by atoms with E-state index in [4.69, 9.17) is 5.73 Å². The molecule has 2 rings (SSSR count). The second-order valence-electron chi connectivity index (χ2n) is 4.65. The number of thioether (sulfide) groups is 1. The van der Waals surface area contributed by atoms with E-state index >= 15 is 0 Å². The van der Waals surface area contributed by atoms with Gasteiger partial charge in [0, 0.05) is 25.1 Å². The maximum absolute atomic E-state index is 11.8. The first kappa shape index (κ1) is 15.4. The molecule has 1 aliphatic heterocycles. The fourth-order valence-corrected chi connectivity index (χ4v) is 2.78. The van der Waals surface area contributed by atoms with Crippen molar-refractivity contribution in [2.75, 3.05) is 23.3 Å². The van der Waals surface area contributed by atoms with Crippen molar-refractivity contribution in [2.45, 2.75) is 19.3 Å². The Labute approximate surface area is 127 Å². The molecule has 1 aromatic rings. The van der Waals surface area contributed by atoms with Gasteiger partial charge in [0.2, 0.25) is 11.8 Å². The van der Waals surface area contributed by atoms with E-state index in [9.17, 15) is 14.4 Å². The Morgan fingerprint density at radius 2 is 2.10 bits per heavy atom. The smallest absolute Gasteiger partial charge is 0.288 e. The minimum atomic E-state index is -0.223. The van der Waals surface area contributed by atoms with Gasteiger partial charge in [-0.2, -0.15) is 0 Å². The Hall–Kier alpha value is -2.02. The van der Waals surface area contributed by atoms with E-state index in [2.05, 4.69) is 5.32 Å². The molecule has 3 amide bonds. The lowest BCUT2D eigenvalue weighted by atomic mass is 10.2. The highest BCUT2D eigenvalue weighted by Gasteiger charge is 2.26. The first-order valence-electron chi connectivity index (χ1n) is 6.69. The van der Waals surface area contributed by atoms with Crippen LogP contribution >= 0.6 is 11.8 Å². The Balaban J connectivity index is 1.78. The van der Waals surface area contributed by atoms with Gasteiger partial charge < -0.3 is 11.1 Å². The number of nitrogens with two attached hydrogens (primary N) is 1. The molecule has 6 nitrogen and oxygen atoms in total. The maximum Gasteiger partial charge on any atom is 0.288 e. The summed E-state index contributed by atoms with van der Waals surface area (Å²) in [5.41, 5.74) is 6.81. The van der Waals surface area contributed by atoms with Crippen molar-refractivity contribution in [1.82, 2.24) is 4.90 Å². The fourth-order valence-electron chi connectivity index (χ4n) is 1.98. The van der Waals surface area contributed by atoms with Gasteiger partial charge in [0.15, 0.2) is 0 Å². The number of hydrogen-bond acceptors (Lipinski definition) is 5. The highest BCUT2D eigenvalue weighted by Crippen LogP contribution is 2.19. The molecule has 0 unspecified atom stereocenters. The number of carbonyl (C=O) groups is 3. The molecule has 0 aromatic heterocycles. The van der Waals surface area contributed by atoms with E-state index in [0.717, 1.165) is 11.8 Å². The molecule has 1 aromatic carbocycles. The number of nitrogens with zero attached hydrogens (tertiary/aromatic N) is 1. The number of rotatable bonds is 5. The maximum atomic E-state index is 11.8. The van der Waals surface area contributed by atoms with Crippen LogP contribution in [-0.4, -0.2) is 34.3 Å². The highest BCUT2D eigenvalue weighted by molar-refractivity contribution is 8.13. The second kappa shape index (κ2) is 7.12. The van der Waals surface area contributed by atoms with Gasteiger partial charge >= 0.3 is 0 Å². The third-order valence-electron chi connectivity index (χ3n) is 3.08. The van der Waals surface area contributed by atoms with E-state index in [1.54, 1.807) is 24.3 Å². The number of imide groups is 1. The number of hydrogen-bond donors (Lipinski definition) is 2. The molecule has 0 aliphatic carbocycles. The van der Waals surface area contributed by atoms with Gasteiger partial charge in [-0.05, 0) is 18.6 Å². The number of anilines is 2. The fraction of sp³-hybridized carbons (Fsp3) is 0.357. The Morgan fingerprint density at radius 1 is 1.33 bits per heavy atom. The minimum Gasteiger partial charge on any atom is -0.397 e. The van der Waals surface area contributed by atoms with Gasteiger partial charge in [0.25, 0.3) is 5.24 Å². The molecule has 0 atom stereocenters. The quantitative estimate of drug-likeness (QED) is 0.812. The molecule has 0 bridgehead atoms. The SMILES string of the molecule is Nc1ccccc1NC(=O)CCCN1C(=O)CCSC1=O. The molecule has 21 heavy (non-hydrogen) atoms. The summed E-state index contributed by atoms with van der Waals surface area (Å²) in [6.07, 6.45) is 1.05. The lowest BCUT2D eigenvalue weighted by Crippen LogP contribution is -2.39. The summed E-state index contributed by atoms with van der Waals surface area (Å²) < 4.78 is 0. The highest BCUT2D eigenvalue weighted by atomic mass is 32.2. The number of para-hydroxylation sites is 2. The van der Waals surface area contributed by atoms with E-state index in [-0.39, 0.29) is 30.0 Å². The summed E-state index contributed by atoms with van der Waals surface area (Å²) in [5.74, 6) is 0.200. The Morgan fingerprint density at radius 3 is 2.81 bits per heavy atom. The summed E-state index contributed by atoms with van der Waals surface area (Å²) in [6.45, 7) is 0.280. The van der Waals surface area contributed by atoms with E-state index < -0.39 is 0 Å². The van der Waals surface area contributed by atoms with E-state index in [1.165, 1.54) is 4.90 Å². The third kappa shape index (κ3) is 4.22. The van der Waals surface area contributed by atoms with Crippen LogP contribution < -0.4 is 11.1 Å². The number of benzene rings is 1. The van der Waals surface area contributed by atoms with Gasteiger partial charge in [0.05, 0.1) is 11.4 Å². The van der Waals surface area contributed by atoms with Gasteiger partial charge in [-0.25, -0.2) is 0 Å². The van der Waals surface area contributed by atoms with Gasteiger partial charge in [-0.1, -0.05) is 23.9 Å². The molecule has 1 heterocycles. The van der Waals surface area contributed by atoms with Crippen molar-refractivity contribution in [3.8, 4) is 0 Å². The number of amides is 3. The lowest BCUT2D eigenvalue weighted by Gasteiger charge is -2.23. The van der Waals surface area contributed by atoms with Gasteiger partial charge in [-0.15, -0.1) is 0 Å². The average molecular weight is 307 g/mol. The van der Waals surface area contributed by atoms with Crippen LogP contribution in [0.25, 0.3) is 0 Å². The van der Waals surface area contributed by atoms with Crippen LogP contribution in [0.2, 0.25) is 0 Å². The van der Waals surface area contributed by atoms with Crippen LogP contribution in [0, 0.1) is 0 Å². The molecular formula is C14H17N3O3S. The zero-order valence-electron chi connectivity index (χ0n) is 11.5. The molecule has 0 radical (unpaired) electrons.